The van der Waals surface area contributed by atoms with Crippen LogP contribution < -0.4 is 0 Å². The molecule has 114 valence electrons. The number of benzene rings is 1. The highest BCUT2D eigenvalue weighted by atomic mass is 16.3. The number of hydrogen-bond donors (Lipinski definition) is 1. The van der Waals surface area contributed by atoms with E-state index >= 15 is 0 Å². The molecular formula is C19H32O. The van der Waals surface area contributed by atoms with Gasteiger partial charge in [-0.15, -0.1) is 0 Å². The van der Waals surface area contributed by atoms with Crippen molar-refractivity contribution >= 4 is 0 Å². The van der Waals surface area contributed by atoms with Gasteiger partial charge in [0.1, 0.15) is 5.75 Å². The molecule has 0 aliphatic carbocycles. The summed E-state index contributed by atoms with van der Waals surface area (Å²) in [6, 6.07) is 6.00. The van der Waals surface area contributed by atoms with Gasteiger partial charge in [-0.25, -0.2) is 0 Å². The average molecular weight is 276 g/mol. The van der Waals surface area contributed by atoms with E-state index in [1.54, 1.807) is 0 Å². The zero-order valence-electron chi connectivity index (χ0n) is 13.6. The van der Waals surface area contributed by atoms with Crippen LogP contribution in [0.5, 0.6) is 5.75 Å². The third-order valence-corrected chi connectivity index (χ3v) is 4.36. The highest BCUT2D eigenvalue weighted by molar-refractivity contribution is 5.41. The largest absolute Gasteiger partial charge is 0.508 e. The molecule has 1 N–H and O–H groups in total. The van der Waals surface area contributed by atoms with E-state index in [2.05, 4.69) is 26.8 Å². The predicted octanol–water partition coefficient (Wildman–Crippen LogP) is 6.20. The van der Waals surface area contributed by atoms with Gasteiger partial charge in [-0.2, -0.15) is 0 Å². The van der Waals surface area contributed by atoms with Crippen molar-refractivity contribution in [1.82, 2.24) is 0 Å². The van der Waals surface area contributed by atoms with Gasteiger partial charge in [-0.1, -0.05) is 71.4 Å². The number of hydrogen-bond acceptors (Lipinski definition) is 1. The van der Waals surface area contributed by atoms with Crippen LogP contribution in [0.2, 0.25) is 0 Å². The SMILES string of the molecule is CCCCCCCCCc1c(O)cccc1C(C)CC. The molecule has 0 radical (unpaired) electrons. The minimum Gasteiger partial charge on any atom is -0.508 e. The molecule has 1 unspecified atom stereocenters. The topological polar surface area (TPSA) is 20.2 Å². The molecule has 0 aromatic heterocycles. The third-order valence-electron chi connectivity index (χ3n) is 4.36. The lowest BCUT2D eigenvalue weighted by Crippen LogP contribution is -1.99. The maximum Gasteiger partial charge on any atom is 0.119 e. The third kappa shape index (κ3) is 5.56. The van der Waals surface area contributed by atoms with E-state index in [1.165, 1.54) is 56.1 Å². The van der Waals surface area contributed by atoms with E-state index in [0.29, 0.717) is 11.7 Å². The lowest BCUT2D eigenvalue weighted by Gasteiger charge is -2.16. The summed E-state index contributed by atoms with van der Waals surface area (Å²) < 4.78 is 0. The lowest BCUT2D eigenvalue weighted by molar-refractivity contribution is 0.463. The fourth-order valence-corrected chi connectivity index (χ4v) is 2.80. The van der Waals surface area contributed by atoms with Gasteiger partial charge in [0, 0.05) is 0 Å². The van der Waals surface area contributed by atoms with Gasteiger partial charge < -0.3 is 5.11 Å². The van der Waals surface area contributed by atoms with Gasteiger partial charge in [0.25, 0.3) is 0 Å². The molecule has 0 spiro atoms. The van der Waals surface area contributed by atoms with Gasteiger partial charge in [-0.3, -0.25) is 0 Å². The molecular weight excluding hydrogens is 244 g/mol. The quantitative estimate of drug-likeness (QED) is 0.504. The minimum absolute atomic E-state index is 0.494. The summed E-state index contributed by atoms with van der Waals surface area (Å²) in [6.45, 7) is 6.73. The first kappa shape index (κ1) is 17.1. The molecule has 1 nitrogen and oxygen atoms in total. The molecule has 1 aromatic rings. The molecule has 0 aliphatic rings. The lowest BCUT2D eigenvalue weighted by atomic mass is 9.90. The van der Waals surface area contributed by atoms with Crippen molar-refractivity contribution in [3.05, 3.63) is 29.3 Å². The van der Waals surface area contributed by atoms with Crippen molar-refractivity contribution in [2.75, 3.05) is 0 Å². The first-order valence-corrected chi connectivity index (χ1v) is 8.51. The fourth-order valence-electron chi connectivity index (χ4n) is 2.80. The maximum absolute atomic E-state index is 10.1. The highest BCUT2D eigenvalue weighted by Gasteiger charge is 2.12. The van der Waals surface area contributed by atoms with E-state index < -0.39 is 0 Å². The predicted molar refractivity (Wildman–Crippen MR) is 88.5 cm³/mol. The van der Waals surface area contributed by atoms with Crippen LogP contribution >= 0.6 is 0 Å². The van der Waals surface area contributed by atoms with Gasteiger partial charge in [-0.05, 0) is 42.4 Å². The summed E-state index contributed by atoms with van der Waals surface area (Å²) in [5, 5.41) is 10.1. The van der Waals surface area contributed by atoms with Crippen molar-refractivity contribution in [1.29, 1.82) is 0 Å². The Bertz CT molecular complexity index is 370. The molecule has 20 heavy (non-hydrogen) atoms. The van der Waals surface area contributed by atoms with Crippen LogP contribution in [-0.2, 0) is 6.42 Å². The molecule has 0 heterocycles. The van der Waals surface area contributed by atoms with Gasteiger partial charge in [0.05, 0.1) is 0 Å². The number of aromatic hydroxyl groups is 1. The van der Waals surface area contributed by atoms with E-state index in [-0.39, 0.29) is 0 Å². The van der Waals surface area contributed by atoms with Crippen LogP contribution in [0.25, 0.3) is 0 Å². The summed E-state index contributed by atoms with van der Waals surface area (Å²) in [6.07, 6.45) is 11.4. The number of unbranched alkanes of at least 4 members (excludes halogenated alkanes) is 6. The van der Waals surface area contributed by atoms with Crippen LogP contribution in [0.3, 0.4) is 0 Å². The molecule has 0 saturated heterocycles. The fraction of sp³-hybridized carbons (Fsp3) is 0.684. The van der Waals surface area contributed by atoms with Crippen LogP contribution in [-0.4, -0.2) is 5.11 Å². The van der Waals surface area contributed by atoms with Crippen LogP contribution in [0.15, 0.2) is 18.2 Å². The molecule has 0 fully saturated rings. The standard InChI is InChI=1S/C19H32O/c1-4-6-7-8-9-10-11-13-18-17(16(3)5-2)14-12-15-19(18)20/h12,14-16,20H,4-11,13H2,1-3H3. The smallest absolute Gasteiger partial charge is 0.119 e. The first-order valence-electron chi connectivity index (χ1n) is 8.51. The van der Waals surface area contributed by atoms with Crippen molar-refractivity contribution in [3.8, 4) is 5.75 Å². The highest BCUT2D eigenvalue weighted by Crippen LogP contribution is 2.30. The Balaban J connectivity index is 2.43. The summed E-state index contributed by atoms with van der Waals surface area (Å²) in [7, 11) is 0. The molecule has 0 amide bonds. The second-order valence-corrected chi connectivity index (χ2v) is 6.03. The normalized spacial score (nSPS) is 12.6. The number of phenols is 1. The molecule has 0 bridgehead atoms. The number of rotatable bonds is 10. The Kier molecular flexibility index (Phi) is 8.41. The van der Waals surface area contributed by atoms with Crippen LogP contribution in [0, 0.1) is 0 Å². The van der Waals surface area contributed by atoms with E-state index in [1.807, 2.05) is 12.1 Å². The minimum atomic E-state index is 0.494. The van der Waals surface area contributed by atoms with Crippen molar-refractivity contribution < 1.29 is 5.11 Å². The Morgan fingerprint density at radius 2 is 1.60 bits per heavy atom. The van der Waals surface area contributed by atoms with Crippen molar-refractivity contribution in [3.63, 3.8) is 0 Å². The monoisotopic (exact) mass is 276 g/mol. The maximum atomic E-state index is 10.1. The molecule has 0 aliphatic heterocycles. The number of phenolic OH excluding ortho intramolecular Hbond substituents is 1. The Morgan fingerprint density at radius 1 is 0.950 bits per heavy atom. The molecule has 1 rings (SSSR count). The Hall–Kier alpha value is -0.980. The second kappa shape index (κ2) is 9.85. The summed E-state index contributed by atoms with van der Waals surface area (Å²) >= 11 is 0. The molecule has 1 aromatic carbocycles. The van der Waals surface area contributed by atoms with Gasteiger partial charge >= 0.3 is 0 Å². The zero-order chi connectivity index (χ0) is 14.8. The van der Waals surface area contributed by atoms with Crippen LogP contribution in [0.1, 0.15) is 89.2 Å². The molecule has 0 saturated carbocycles. The van der Waals surface area contributed by atoms with Gasteiger partial charge in [0.15, 0.2) is 0 Å². The van der Waals surface area contributed by atoms with E-state index in [4.69, 9.17) is 0 Å². The first-order chi connectivity index (χ1) is 9.70. The Labute approximate surface area is 125 Å². The Morgan fingerprint density at radius 3 is 2.25 bits per heavy atom. The second-order valence-electron chi connectivity index (χ2n) is 6.03. The summed E-state index contributed by atoms with van der Waals surface area (Å²) in [5.41, 5.74) is 2.54. The zero-order valence-corrected chi connectivity index (χ0v) is 13.6. The average Bonchev–Trinajstić information content (AvgIpc) is 2.46. The molecule has 1 atom stereocenters. The summed E-state index contributed by atoms with van der Waals surface area (Å²) in [5.74, 6) is 1.04. The molecule has 1 heteroatoms. The van der Waals surface area contributed by atoms with E-state index in [0.717, 1.165) is 12.8 Å². The van der Waals surface area contributed by atoms with Gasteiger partial charge in [0.2, 0.25) is 0 Å². The van der Waals surface area contributed by atoms with E-state index in [9.17, 15) is 5.11 Å². The van der Waals surface area contributed by atoms with Crippen molar-refractivity contribution in [2.45, 2.75) is 84.5 Å². The van der Waals surface area contributed by atoms with Crippen molar-refractivity contribution in [2.24, 2.45) is 0 Å². The van der Waals surface area contributed by atoms with Crippen LogP contribution in [0.4, 0.5) is 0 Å². The summed E-state index contributed by atoms with van der Waals surface area (Å²) in [4.78, 5) is 0.